The van der Waals surface area contributed by atoms with Crippen molar-refractivity contribution in [1.82, 2.24) is 4.98 Å². The molecule has 90 valence electrons. The van der Waals surface area contributed by atoms with Crippen LogP contribution in [0.5, 0.6) is 0 Å². The zero-order valence-corrected chi connectivity index (χ0v) is 12.1. The molecule has 0 fully saturated rings. The van der Waals surface area contributed by atoms with Crippen molar-refractivity contribution < 1.29 is 0 Å². The van der Waals surface area contributed by atoms with Crippen LogP contribution in [-0.4, -0.2) is 4.98 Å². The van der Waals surface area contributed by atoms with Gasteiger partial charge in [-0.25, -0.2) is 0 Å². The summed E-state index contributed by atoms with van der Waals surface area (Å²) in [7, 11) is 0. The first-order valence-corrected chi connectivity index (χ1v) is 6.50. The Kier molecular flexibility index (Phi) is 3.53. The SMILES string of the molecule is Cc1nc2cc(Cl)cc(Cl)c2c(Cl)c1C(C)C. The van der Waals surface area contributed by atoms with E-state index in [4.69, 9.17) is 34.8 Å². The average Bonchev–Trinajstić information content (AvgIpc) is 2.13. The van der Waals surface area contributed by atoms with Gasteiger partial charge >= 0.3 is 0 Å². The number of benzene rings is 1. The Morgan fingerprint density at radius 3 is 2.35 bits per heavy atom. The lowest BCUT2D eigenvalue weighted by Gasteiger charge is -2.14. The Balaban J connectivity index is 2.92. The maximum atomic E-state index is 6.43. The molecule has 2 aromatic rings. The predicted octanol–water partition coefficient (Wildman–Crippen LogP) is 5.63. The van der Waals surface area contributed by atoms with Gasteiger partial charge in [-0.3, -0.25) is 4.98 Å². The summed E-state index contributed by atoms with van der Waals surface area (Å²) in [5, 5.41) is 2.59. The lowest BCUT2D eigenvalue weighted by Crippen LogP contribution is -1.98. The summed E-state index contributed by atoms with van der Waals surface area (Å²) in [5.74, 6) is 0.311. The molecule has 4 heteroatoms. The minimum atomic E-state index is 0.311. The Bertz CT molecular complexity index is 591. The third-order valence-electron chi connectivity index (χ3n) is 2.75. The molecule has 0 atom stereocenters. The largest absolute Gasteiger partial charge is 0.253 e. The number of nitrogens with zero attached hydrogens (tertiary/aromatic N) is 1. The number of aryl methyl sites for hydroxylation is 1. The molecule has 0 radical (unpaired) electrons. The van der Waals surface area contributed by atoms with Crippen molar-refractivity contribution in [3.05, 3.63) is 38.5 Å². The van der Waals surface area contributed by atoms with Gasteiger partial charge in [0, 0.05) is 16.1 Å². The molecule has 1 aromatic heterocycles. The van der Waals surface area contributed by atoms with E-state index in [-0.39, 0.29) is 0 Å². The molecule has 0 aliphatic rings. The van der Waals surface area contributed by atoms with Gasteiger partial charge < -0.3 is 0 Å². The summed E-state index contributed by atoms with van der Waals surface area (Å²) >= 11 is 18.6. The van der Waals surface area contributed by atoms with Crippen LogP contribution in [0.3, 0.4) is 0 Å². The van der Waals surface area contributed by atoms with Crippen LogP contribution in [0.15, 0.2) is 12.1 Å². The summed E-state index contributed by atoms with van der Waals surface area (Å²) in [6, 6.07) is 3.48. The second kappa shape index (κ2) is 4.64. The number of rotatable bonds is 1. The first kappa shape index (κ1) is 12.9. The summed E-state index contributed by atoms with van der Waals surface area (Å²) in [6.45, 7) is 6.13. The molecular weight excluding hydrogens is 277 g/mol. The van der Waals surface area contributed by atoms with Gasteiger partial charge in [-0.15, -0.1) is 0 Å². The predicted molar refractivity (Wildman–Crippen MR) is 75.6 cm³/mol. The highest BCUT2D eigenvalue weighted by Crippen LogP contribution is 2.37. The van der Waals surface area contributed by atoms with Gasteiger partial charge in [0.15, 0.2) is 0 Å². The van der Waals surface area contributed by atoms with E-state index in [0.717, 1.165) is 22.2 Å². The van der Waals surface area contributed by atoms with Gasteiger partial charge in [0.1, 0.15) is 0 Å². The Labute approximate surface area is 116 Å². The van der Waals surface area contributed by atoms with Crippen molar-refractivity contribution in [2.75, 3.05) is 0 Å². The highest BCUT2D eigenvalue weighted by molar-refractivity contribution is 6.43. The lowest BCUT2D eigenvalue weighted by molar-refractivity contribution is 0.848. The molecule has 0 spiro atoms. The highest BCUT2D eigenvalue weighted by atomic mass is 35.5. The summed E-state index contributed by atoms with van der Waals surface area (Å²) in [5.41, 5.74) is 2.72. The molecule has 0 bridgehead atoms. The van der Waals surface area contributed by atoms with E-state index in [1.54, 1.807) is 12.1 Å². The van der Waals surface area contributed by atoms with Gasteiger partial charge in [0.25, 0.3) is 0 Å². The minimum Gasteiger partial charge on any atom is -0.253 e. The van der Waals surface area contributed by atoms with Crippen LogP contribution >= 0.6 is 34.8 Å². The van der Waals surface area contributed by atoms with Crippen LogP contribution in [0.4, 0.5) is 0 Å². The quantitative estimate of drug-likeness (QED) is 0.663. The fourth-order valence-electron chi connectivity index (χ4n) is 2.07. The second-order valence-electron chi connectivity index (χ2n) is 4.36. The summed E-state index contributed by atoms with van der Waals surface area (Å²) in [4.78, 5) is 4.53. The molecule has 1 nitrogen and oxygen atoms in total. The number of halogens is 3. The van der Waals surface area contributed by atoms with E-state index in [2.05, 4.69) is 18.8 Å². The van der Waals surface area contributed by atoms with E-state index in [1.165, 1.54) is 0 Å². The molecule has 1 aromatic carbocycles. The van der Waals surface area contributed by atoms with Crippen LogP contribution in [0.1, 0.15) is 31.0 Å². The van der Waals surface area contributed by atoms with E-state index in [0.29, 0.717) is 21.0 Å². The monoisotopic (exact) mass is 287 g/mol. The van der Waals surface area contributed by atoms with Crippen LogP contribution in [0.25, 0.3) is 10.9 Å². The van der Waals surface area contributed by atoms with Gasteiger partial charge in [-0.1, -0.05) is 48.7 Å². The lowest BCUT2D eigenvalue weighted by atomic mass is 9.99. The molecule has 0 saturated heterocycles. The summed E-state index contributed by atoms with van der Waals surface area (Å²) < 4.78 is 0. The standard InChI is InChI=1S/C13H12Cl3N/c1-6(2)11-7(3)17-10-5-8(14)4-9(15)12(10)13(11)16/h4-6H,1-3H3. The third kappa shape index (κ3) is 2.24. The van der Waals surface area contributed by atoms with Crippen molar-refractivity contribution in [2.45, 2.75) is 26.7 Å². The van der Waals surface area contributed by atoms with Crippen LogP contribution in [0, 0.1) is 6.92 Å². The van der Waals surface area contributed by atoms with Crippen molar-refractivity contribution in [2.24, 2.45) is 0 Å². The average molecular weight is 289 g/mol. The molecule has 17 heavy (non-hydrogen) atoms. The molecule has 0 unspecified atom stereocenters. The van der Waals surface area contributed by atoms with E-state index in [1.807, 2.05) is 6.92 Å². The first-order chi connectivity index (χ1) is 7.91. The van der Waals surface area contributed by atoms with Crippen molar-refractivity contribution >= 4 is 45.7 Å². The van der Waals surface area contributed by atoms with Crippen molar-refractivity contribution in [3.63, 3.8) is 0 Å². The van der Waals surface area contributed by atoms with Gasteiger partial charge in [-0.2, -0.15) is 0 Å². The molecule has 0 N–H and O–H groups in total. The smallest absolute Gasteiger partial charge is 0.0750 e. The summed E-state index contributed by atoms with van der Waals surface area (Å²) in [6.07, 6.45) is 0. The fraction of sp³-hybridized carbons (Fsp3) is 0.308. The maximum absolute atomic E-state index is 6.43. The number of aromatic nitrogens is 1. The van der Waals surface area contributed by atoms with Crippen LogP contribution in [0.2, 0.25) is 15.1 Å². The Hall–Kier alpha value is -0.500. The van der Waals surface area contributed by atoms with Crippen LogP contribution in [-0.2, 0) is 0 Å². The fourth-order valence-corrected chi connectivity index (χ4v) is 3.25. The molecular formula is C13H12Cl3N. The molecule has 1 heterocycles. The molecule has 0 aliphatic carbocycles. The number of pyridine rings is 1. The Morgan fingerprint density at radius 1 is 1.12 bits per heavy atom. The van der Waals surface area contributed by atoms with E-state index < -0.39 is 0 Å². The number of hydrogen-bond acceptors (Lipinski definition) is 1. The molecule has 0 aliphatic heterocycles. The van der Waals surface area contributed by atoms with E-state index in [9.17, 15) is 0 Å². The van der Waals surface area contributed by atoms with Crippen molar-refractivity contribution in [1.29, 1.82) is 0 Å². The third-order valence-corrected chi connectivity index (χ3v) is 3.65. The normalized spacial score (nSPS) is 11.5. The molecule has 0 amide bonds. The van der Waals surface area contributed by atoms with Gasteiger partial charge in [0.05, 0.1) is 15.6 Å². The van der Waals surface area contributed by atoms with Gasteiger partial charge in [0.2, 0.25) is 0 Å². The highest BCUT2D eigenvalue weighted by Gasteiger charge is 2.16. The van der Waals surface area contributed by atoms with Crippen molar-refractivity contribution in [3.8, 4) is 0 Å². The Morgan fingerprint density at radius 2 is 1.76 bits per heavy atom. The van der Waals surface area contributed by atoms with E-state index >= 15 is 0 Å². The second-order valence-corrected chi connectivity index (χ2v) is 5.58. The number of fused-ring (bicyclic) bond motifs is 1. The molecule has 0 saturated carbocycles. The van der Waals surface area contributed by atoms with Gasteiger partial charge in [-0.05, 0) is 30.5 Å². The van der Waals surface area contributed by atoms with Crippen LogP contribution < -0.4 is 0 Å². The first-order valence-electron chi connectivity index (χ1n) is 5.36. The number of hydrogen-bond donors (Lipinski definition) is 0. The topological polar surface area (TPSA) is 12.9 Å². The maximum Gasteiger partial charge on any atom is 0.0750 e. The molecule has 2 rings (SSSR count). The minimum absolute atomic E-state index is 0.311. The zero-order valence-electron chi connectivity index (χ0n) is 9.81. The zero-order chi connectivity index (χ0) is 12.7.